The van der Waals surface area contributed by atoms with Crippen LogP contribution in [0, 0.1) is 5.92 Å². The van der Waals surface area contributed by atoms with Crippen molar-refractivity contribution in [1.29, 1.82) is 0 Å². The molecule has 156 valence electrons. The lowest BCUT2D eigenvalue weighted by molar-refractivity contribution is -0.129. The lowest BCUT2D eigenvalue weighted by Crippen LogP contribution is -2.48. The number of amides is 1. The van der Waals surface area contributed by atoms with Crippen molar-refractivity contribution in [2.24, 2.45) is 5.92 Å². The minimum atomic E-state index is -0.954. The number of hydrogen-bond acceptors (Lipinski definition) is 4. The Labute approximate surface area is 181 Å². The molecule has 3 atom stereocenters. The first kappa shape index (κ1) is 20.5. The van der Waals surface area contributed by atoms with Crippen molar-refractivity contribution in [3.63, 3.8) is 0 Å². The van der Waals surface area contributed by atoms with E-state index in [1.54, 1.807) is 24.3 Å². The van der Waals surface area contributed by atoms with Crippen molar-refractivity contribution in [2.75, 3.05) is 5.32 Å². The largest absolute Gasteiger partial charge is 0.478 e. The van der Waals surface area contributed by atoms with E-state index in [1.165, 1.54) is 18.2 Å². The lowest BCUT2D eigenvalue weighted by atomic mass is 9.85. The number of nitrogens with one attached hydrogen (secondary N) is 1. The topological polar surface area (TPSA) is 69.6 Å². The number of thioether (sulfide) groups is 1. The number of carboxylic acids is 1. The summed E-state index contributed by atoms with van der Waals surface area (Å²) in [5, 5.41) is 12.6. The molecular weight excluding hydrogens is 396 g/mol. The van der Waals surface area contributed by atoms with Gasteiger partial charge in [-0.25, -0.2) is 4.79 Å². The van der Waals surface area contributed by atoms with Gasteiger partial charge in [0.15, 0.2) is 5.50 Å². The van der Waals surface area contributed by atoms with Gasteiger partial charge < -0.3 is 15.3 Å². The van der Waals surface area contributed by atoms with Crippen LogP contribution < -0.4 is 5.32 Å². The summed E-state index contributed by atoms with van der Waals surface area (Å²) in [4.78, 5) is 27.2. The van der Waals surface area contributed by atoms with Crippen molar-refractivity contribution < 1.29 is 14.7 Å². The van der Waals surface area contributed by atoms with Gasteiger partial charge in [0, 0.05) is 11.7 Å². The third-order valence-electron chi connectivity index (χ3n) is 5.88. The molecule has 1 saturated heterocycles. The highest BCUT2D eigenvalue weighted by Crippen LogP contribution is 2.42. The molecule has 2 aromatic rings. The summed E-state index contributed by atoms with van der Waals surface area (Å²) in [6.45, 7) is 2.24. The number of benzene rings is 2. The Bertz CT molecular complexity index is 943. The Balaban J connectivity index is 1.62. The smallest absolute Gasteiger partial charge is 0.335 e. The van der Waals surface area contributed by atoms with Crippen molar-refractivity contribution in [1.82, 2.24) is 4.90 Å². The van der Waals surface area contributed by atoms with E-state index in [1.807, 2.05) is 41.3 Å². The summed E-state index contributed by atoms with van der Waals surface area (Å²) in [6, 6.07) is 16.8. The van der Waals surface area contributed by atoms with E-state index in [0.717, 1.165) is 30.5 Å². The Kier molecular flexibility index (Phi) is 6.13. The summed E-state index contributed by atoms with van der Waals surface area (Å²) in [5.74, 6) is -0.433. The van der Waals surface area contributed by atoms with Gasteiger partial charge in [-0.05, 0) is 54.7 Å². The maximum Gasteiger partial charge on any atom is 0.335 e. The summed E-state index contributed by atoms with van der Waals surface area (Å²) < 4.78 is 0. The zero-order valence-corrected chi connectivity index (χ0v) is 17.8. The average molecular weight is 423 g/mol. The molecule has 0 bridgehead atoms. The van der Waals surface area contributed by atoms with Crippen LogP contribution in [0.2, 0.25) is 0 Å². The van der Waals surface area contributed by atoms with Crippen LogP contribution in [0.4, 0.5) is 5.69 Å². The van der Waals surface area contributed by atoms with Gasteiger partial charge in [0.05, 0.1) is 10.5 Å². The summed E-state index contributed by atoms with van der Waals surface area (Å²) in [7, 11) is 0. The Morgan fingerprint density at radius 1 is 1.10 bits per heavy atom. The molecule has 1 saturated carbocycles. The molecule has 30 heavy (non-hydrogen) atoms. The summed E-state index contributed by atoms with van der Waals surface area (Å²) in [6.07, 6.45) is 6.42. The Morgan fingerprint density at radius 3 is 2.47 bits per heavy atom. The molecule has 1 heterocycles. The number of rotatable bonds is 5. The fraction of sp³-hybridized carbons (Fsp3) is 0.333. The average Bonchev–Trinajstić information content (AvgIpc) is 3.04. The number of aromatic carboxylic acids is 1. The highest BCUT2D eigenvalue weighted by Gasteiger charge is 2.42. The highest BCUT2D eigenvalue weighted by atomic mass is 32.2. The van der Waals surface area contributed by atoms with Crippen LogP contribution in [0.1, 0.15) is 48.5 Å². The van der Waals surface area contributed by atoms with Crippen LogP contribution in [0.15, 0.2) is 59.5 Å². The fourth-order valence-electron chi connectivity index (χ4n) is 4.24. The molecular formula is C24H26N2O3S. The monoisotopic (exact) mass is 422 g/mol. The second-order valence-corrected chi connectivity index (χ2v) is 9.08. The van der Waals surface area contributed by atoms with Crippen LogP contribution in [-0.2, 0) is 4.79 Å². The standard InChI is InChI=1S/C24H26N2O3S/c1-16-7-5-6-10-20(16)26-22(27)21(15-17-11-13-18(14-12-17)23(28)29)30-24(26)25-19-8-3-2-4-9-19/h2-4,8-9,11-16,20,24-25H,5-7,10H2,1H3,(H,28,29)/b21-15-/t16-,20-,24?/m0/s1. The molecule has 1 unspecified atom stereocenters. The number of carboxylic acid groups (broad SMARTS) is 1. The molecule has 1 aliphatic heterocycles. The lowest BCUT2D eigenvalue weighted by Gasteiger charge is -2.39. The Morgan fingerprint density at radius 2 is 1.80 bits per heavy atom. The van der Waals surface area contributed by atoms with Gasteiger partial charge in [0.1, 0.15) is 0 Å². The van der Waals surface area contributed by atoms with Crippen LogP contribution >= 0.6 is 11.8 Å². The molecule has 1 aliphatic carbocycles. The predicted molar refractivity (Wildman–Crippen MR) is 121 cm³/mol. The first-order valence-corrected chi connectivity index (χ1v) is 11.3. The quantitative estimate of drug-likeness (QED) is 0.642. The van der Waals surface area contributed by atoms with Gasteiger partial charge in [-0.1, -0.05) is 61.9 Å². The van der Waals surface area contributed by atoms with E-state index in [-0.39, 0.29) is 23.0 Å². The van der Waals surface area contributed by atoms with E-state index in [2.05, 4.69) is 12.2 Å². The van der Waals surface area contributed by atoms with Crippen LogP contribution in [-0.4, -0.2) is 33.4 Å². The van der Waals surface area contributed by atoms with Gasteiger partial charge >= 0.3 is 5.97 Å². The molecule has 2 aromatic carbocycles. The van der Waals surface area contributed by atoms with E-state index < -0.39 is 5.97 Å². The van der Waals surface area contributed by atoms with Crippen LogP contribution in [0.5, 0.6) is 0 Å². The molecule has 2 aliphatic rings. The molecule has 4 rings (SSSR count). The van der Waals surface area contributed by atoms with Crippen molar-refractivity contribution in [3.8, 4) is 0 Å². The number of carbonyl (C=O) groups is 2. The van der Waals surface area contributed by atoms with Gasteiger partial charge in [0.25, 0.3) is 5.91 Å². The van der Waals surface area contributed by atoms with E-state index >= 15 is 0 Å². The number of anilines is 1. The predicted octanol–water partition coefficient (Wildman–Crippen LogP) is 5.28. The van der Waals surface area contributed by atoms with Crippen LogP contribution in [0.3, 0.4) is 0 Å². The number of para-hydroxylation sites is 1. The zero-order valence-electron chi connectivity index (χ0n) is 17.0. The van der Waals surface area contributed by atoms with Gasteiger partial charge in [-0.3, -0.25) is 4.79 Å². The molecule has 1 amide bonds. The number of carbonyl (C=O) groups excluding carboxylic acids is 1. The van der Waals surface area contributed by atoms with E-state index in [0.29, 0.717) is 10.8 Å². The van der Waals surface area contributed by atoms with E-state index in [4.69, 9.17) is 5.11 Å². The first-order chi connectivity index (χ1) is 14.5. The third kappa shape index (κ3) is 4.38. The second-order valence-electron chi connectivity index (χ2n) is 7.96. The SMILES string of the molecule is C[C@H]1CCCC[C@@H]1N1C(=O)/C(=C/c2ccc(C(=O)O)cc2)SC1Nc1ccccc1. The summed E-state index contributed by atoms with van der Waals surface area (Å²) >= 11 is 1.53. The first-order valence-electron chi connectivity index (χ1n) is 10.4. The van der Waals surface area contributed by atoms with Gasteiger partial charge in [-0.15, -0.1) is 0 Å². The molecule has 0 radical (unpaired) electrons. The third-order valence-corrected chi connectivity index (χ3v) is 6.99. The molecule has 0 aromatic heterocycles. The van der Waals surface area contributed by atoms with Gasteiger partial charge in [0.2, 0.25) is 0 Å². The second kappa shape index (κ2) is 8.96. The Hall–Kier alpha value is -2.73. The highest BCUT2D eigenvalue weighted by molar-refractivity contribution is 8.05. The van der Waals surface area contributed by atoms with Crippen molar-refractivity contribution in [3.05, 3.63) is 70.6 Å². The molecule has 6 heteroatoms. The summed E-state index contributed by atoms with van der Waals surface area (Å²) in [5.41, 5.74) is 1.90. The number of hydrogen-bond donors (Lipinski definition) is 2. The van der Waals surface area contributed by atoms with Gasteiger partial charge in [-0.2, -0.15) is 0 Å². The van der Waals surface area contributed by atoms with Crippen LogP contribution in [0.25, 0.3) is 6.08 Å². The van der Waals surface area contributed by atoms with Crippen molar-refractivity contribution >= 4 is 35.4 Å². The molecule has 0 spiro atoms. The number of nitrogens with zero attached hydrogens (tertiary/aromatic N) is 1. The normalized spacial score (nSPS) is 25.5. The minimum absolute atomic E-state index is 0.0505. The minimum Gasteiger partial charge on any atom is -0.478 e. The molecule has 2 N–H and O–H groups in total. The zero-order chi connectivity index (χ0) is 21.1. The maximum atomic E-state index is 13.4. The van der Waals surface area contributed by atoms with E-state index in [9.17, 15) is 9.59 Å². The molecule has 2 fully saturated rings. The maximum absolute atomic E-state index is 13.4. The fourth-order valence-corrected chi connectivity index (χ4v) is 5.45. The van der Waals surface area contributed by atoms with Crippen molar-refractivity contribution in [2.45, 2.75) is 44.1 Å². The molecule has 5 nitrogen and oxygen atoms in total.